The Labute approximate surface area is 169 Å². The highest BCUT2D eigenvalue weighted by atomic mass is 16.6. The number of hydrogen-bond acceptors (Lipinski definition) is 3. The number of carbonyl (C=O) groups is 1. The lowest BCUT2D eigenvalue weighted by Gasteiger charge is -2.65. The molecular formula is C25H36O3. The average molecular weight is 385 g/mol. The van der Waals surface area contributed by atoms with E-state index in [0.29, 0.717) is 22.3 Å². The van der Waals surface area contributed by atoms with Crippen LogP contribution in [0.4, 0.5) is 0 Å². The molecule has 0 amide bonds. The number of hydrogen-bond donors (Lipinski definition) is 1. The highest BCUT2D eigenvalue weighted by Crippen LogP contribution is 2.69. The van der Waals surface area contributed by atoms with E-state index < -0.39 is 12.3 Å². The first-order chi connectivity index (χ1) is 13.1. The summed E-state index contributed by atoms with van der Waals surface area (Å²) in [4.78, 5) is 11.4. The van der Waals surface area contributed by atoms with Gasteiger partial charge in [-0.2, -0.15) is 0 Å². The Morgan fingerprint density at radius 1 is 1.11 bits per heavy atom. The van der Waals surface area contributed by atoms with Gasteiger partial charge in [-0.3, -0.25) is 0 Å². The largest absolute Gasteiger partial charge is 0.428 e. The summed E-state index contributed by atoms with van der Waals surface area (Å²) >= 11 is 0. The van der Waals surface area contributed by atoms with Crippen molar-refractivity contribution >= 4 is 5.97 Å². The fourth-order valence-electron chi connectivity index (χ4n) is 7.78. The summed E-state index contributed by atoms with van der Waals surface area (Å²) in [6.07, 6.45) is 13.3. The molecular weight excluding hydrogens is 348 g/mol. The number of aliphatic hydroxyl groups is 1. The van der Waals surface area contributed by atoms with Crippen LogP contribution in [0, 0.1) is 34.0 Å². The maximum atomic E-state index is 11.4. The van der Waals surface area contributed by atoms with Crippen LogP contribution in [0.1, 0.15) is 72.6 Å². The second-order valence-electron chi connectivity index (χ2n) is 11.0. The topological polar surface area (TPSA) is 46.5 Å². The standard InChI is InChI=1S/C25H36O3/c1-16-7-10-20-24(4,18(16)9-8-17-15-21(26)28-22(17)27)14-11-19-23(2,3)12-6-13-25(19,20)5/h8-9,15,18-20,22,27H,1,6-7,10-14H2,2-5H3/b9-8+/t18-,19+,20+,22?,24+,25+/m1/s1. The zero-order valence-corrected chi connectivity index (χ0v) is 18.0. The van der Waals surface area contributed by atoms with E-state index >= 15 is 0 Å². The fourth-order valence-corrected chi connectivity index (χ4v) is 7.78. The third-order valence-corrected chi connectivity index (χ3v) is 9.02. The summed E-state index contributed by atoms with van der Waals surface area (Å²) in [6.45, 7) is 14.5. The number of carbonyl (C=O) groups excluding carboxylic acids is 1. The zero-order valence-electron chi connectivity index (χ0n) is 18.0. The van der Waals surface area contributed by atoms with Crippen LogP contribution in [0.15, 0.2) is 36.0 Å². The summed E-state index contributed by atoms with van der Waals surface area (Å²) in [5.41, 5.74) is 2.88. The van der Waals surface area contributed by atoms with E-state index in [4.69, 9.17) is 4.74 Å². The summed E-state index contributed by atoms with van der Waals surface area (Å²) in [7, 11) is 0. The molecule has 3 heteroatoms. The minimum Gasteiger partial charge on any atom is -0.428 e. The number of rotatable bonds is 2. The Kier molecular flexibility index (Phi) is 4.69. The smallest absolute Gasteiger partial charge is 0.333 e. The first kappa shape index (κ1) is 19.9. The molecule has 1 aliphatic heterocycles. The lowest BCUT2D eigenvalue weighted by atomic mass is 9.39. The number of allylic oxidation sites excluding steroid dienone is 2. The molecule has 0 aromatic rings. The molecule has 1 heterocycles. The van der Waals surface area contributed by atoms with Crippen molar-refractivity contribution in [3.8, 4) is 0 Å². The van der Waals surface area contributed by atoms with E-state index in [1.54, 1.807) is 0 Å². The summed E-state index contributed by atoms with van der Waals surface area (Å²) < 4.78 is 4.83. The van der Waals surface area contributed by atoms with E-state index in [1.807, 2.05) is 6.08 Å². The maximum Gasteiger partial charge on any atom is 0.333 e. The molecule has 28 heavy (non-hydrogen) atoms. The van der Waals surface area contributed by atoms with Gasteiger partial charge in [-0.15, -0.1) is 0 Å². The molecule has 3 nitrogen and oxygen atoms in total. The second-order valence-corrected chi connectivity index (χ2v) is 11.0. The fraction of sp³-hybridized carbons (Fsp3) is 0.720. The van der Waals surface area contributed by atoms with Crippen molar-refractivity contribution in [2.45, 2.75) is 78.9 Å². The van der Waals surface area contributed by atoms with E-state index in [-0.39, 0.29) is 11.3 Å². The van der Waals surface area contributed by atoms with Crippen LogP contribution < -0.4 is 0 Å². The first-order valence-corrected chi connectivity index (χ1v) is 11.0. The minimum absolute atomic E-state index is 0.194. The molecule has 0 bridgehead atoms. The van der Waals surface area contributed by atoms with Gasteiger partial charge in [0.25, 0.3) is 0 Å². The van der Waals surface area contributed by atoms with Gasteiger partial charge in [0.05, 0.1) is 0 Å². The Bertz CT molecular complexity index is 745. The predicted octanol–water partition coefficient (Wildman–Crippen LogP) is 5.56. The molecule has 0 aromatic heterocycles. The molecule has 6 atom stereocenters. The van der Waals surface area contributed by atoms with Crippen LogP contribution in [0.25, 0.3) is 0 Å². The molecule has 4 rings (SSSR count). The van der Waals surface area contributed by atoms with Crippen LogP contribution in [-0.2, 0) is 9.53 Å². The Hall–Kier alpha value is -1.35. The molecule has 0 spiro atoms. The van der Waals surface area contributed by atoms with Crippen LogP contribution in [0.3, 0.4) is 0 Å². The average Bonchev–Trinajstić information content (AvgIpc) is 2.90. The van der Waals surface area contributed by atoms with E-state index in [9.17, 15) is 9.90 Å². The second kappa shape index (κ2) is 6.58. The van der Waals surface area contributed by atoms with Crippen molar-refractivity contribution in [3.05, 3.63) is 36.0 Å². The molecule has 0 radical (unpaired) electrons. The third-order valence-electron chi connectivity index (χ3n) is 9.02. The van der Waals surface area contributed by atoms with Gasteiger partial charge >= 0.3 is 5.97 Å². The zero-order chi connectivity index (χ0) is 20.3. The molecule has 3 aliphatic carbocycles. The van der Waals surface area contributed by atoms with Gasteiger partial charge in [-0.1, -0.05) is 58.4 Å². The number of fused-ring (bicyclic) bond motifs is 3. The molecule has 0 saturated heterocycles. The van der Waals surface area contributed by atoms with Gasteiger partial charge in [-0.05, 0) is 66.6 Å². The molecule has 1 unspecified atom stereocenters. The quantitative estimate of drug-likeness (QED) is 0.501. The highest BCUT2D eigenvalue weighted by Gasteiger charge is 2.60. The normalized spacial score (nSPS) is 45.4. The molecule has 4 aliphatic rings. The van der Waals surface area contributed by atoms with Gasteiger partial charge in [0.1, 0.15) is 0 Å². The lowest BCUT2D eigenvalue weighted by molar-refractivity contribution is -0.151. The van der Waals surface area contributed by atoms with Gasteiger partial charge < -0.3 is 9.84 Å². The minimum atomic E-state index is -1.13. The molecule has 0 aromatic carbocycles. The summed E-state index contributed by atoms with van der Waals surface area (Å²) in [5.74, 6) is 1.32. The van der Waals surface area contributed by atoms with Gasteiger partial charge in [0, 0.05) is 17.6 Å². The summed E-state index contributed by atoms with van der Waals surface area (Å²) in [6, 6.07) is 0. The van der Waals surface area contributed by atoms with Crippen molar-refractivity contribution in [3.63, 3.8) is 0 Å². The van der Waals surface area contributed by atoms with E-state index in [2.05, 4.69) is 40.3 Å². The van der Waals surface area contributed by atoms with Gasteiger partial charge in [0.2, 0.25) is 6.29 Å². The molecule has 3 saturated carbocycles. The van der Waals surface area contributed by atoms with Crippen molar-refractivity contribution in [2.24, 2.45) is 34.0 Å². The van der Waals surface area contributed by atoms with Crippen molar-refractivity contribution in [2.75, 3.05) is 0 Å². The number of cyclic esters (lactones) is 1. The van der Waals surface area contributed by atoms with Crippen molar-refractivity contribution in [1.29, 1.82) is 0 Å². The highest BCUT2D eigenvalue weighted by molar-refractivity contribution is 5.86. The van der Waals surface area contributed by atoms with Crippen LogP contribution >= 0.6 is 0 Å². The third kappa shape index (κ3) is 2.93. The first-order valence-electron chi connectivity index (χ1n) is 11.0. The Morgan fingerprint density at radius 2 is 1.86 bits per heavy atom. The SMILES string of the molecule is C=C1CC[C@H]2[C@@](C)(CC[C@H]3C(C)(C)CCC[C@]23C)[C@@H]1/C=C/C1=CC(=O)OC1O. The van der Waals surface area contributed by atoms with E-state index in [0.717, 1.165) is 12.3 Å². The van der Waals surface area contributed by atoms with Crippen molar-refractivity contribution < 1.29 is 14.6 Å². The molecule has 1 N–H and O–H groups in total. The maximum absolute atomic E-state index is 11.4. The van der Waals surface area contributed by atoms with Gasteiger partial charge in [-0.25, -0.2) is 4.79 Å². The van der Waals surface area contributed by atoms with E-state index in [1.165, 1.54) is 50.2 Å². The number of esters is 1. The van der Waals surface area contributed by atoms with Gasteiger partial charge in [0.15, 0.2) is 0 Å². The van der Waals surface area contributed by atoms with Crippen LogP contribution in [0.5, 0.6) is 0 Å². The summed E-state index contributed by atoms with van der Waals surface area (Å²) in [5, 5.41) is 9.92. The monoisotopic (exact) mass is 384 g/mol. The lowest BCUT2D eigenvalue weighted by Crippen LogP contribution is -2.57. The Balaban J connectivity index is 1.66. The number of ether oxygens (including phenoxy) is 1. The molecule has 3 fully saturated rings. The van der Waals surface area contributed by atoms with Crippen LogP contribution in [-0.4, -0.2) is 17.4 Å². The molecule has 154 valence electrons. The Morgan fingerprint density at radius 3 is 2.54 bits per heavy atom. The van der Waals surface area contributed by atoms with Crippen LogP contribution in [0.2, 0.25) is 0 Å². The predicted molar refractivity (Wildman–Crippen MR) is 111 cm³/mol. The van der Waals surface area contributed by atoms with Crippen molar-refractivity contribution in [1.82, 2.24) is 0 Å². The number of aliphatic hydroxyl groups excluding tert-OH is 1.